The van der Waals surface area contributed by atoms with Crippen LogP contribution in [0.1, 0.15) is 19.8 Å². The normalized spacial score (nSPS) is 19.6. The Hall–Kier alpha value is -1.44. The van der Waals surface area contributed by atoms with Crippen LogP contribution < -0.4 is 0 Å². The summed E-state index contributed by atoms with van der Waals surface area (Å²) >= 11 is 1.32. The van der Waals surface area contributed by atoms with Crippen molar-refractivity contribution >= 4 is 22.8 Å². The van der Waals surface area contributed by atoms with Crippen LogP contribution in [0.3, 0.4) is 0 Å². The zero-order valence-corrected chi connectivity index (χ0v) is 11.7. The molecule has 2 atom stereocenters. The molecule has 1 rings (SSSR count). The van der Waals surface area contributed by atoms with Crippen LogP contribution in [-0.4, -0.2) is 52.8 Å². The van der Waals surface area contributed by atoms with Gasteiger partial charge in [-0.25, -0.2) is 4.79 Å². The molecule has 0 amide bonds. The topological polar surface area (TPSA) is 111 Å². The van der Waals surface area contributed by atoms with Gasteiger partial charge in [-0.05, 0) is 18.9 Å². The molecule has 0 fully saturated rings. The number of carbonyl (C=O) groups is 1. The fourth-order valence-electron chi connectivity index (χ4n) is 1.49. The summed E-state index contributed by atoms with van der Waals surface area (Å²) in [5.41, 5.74) is 8.14. The molecule has 1 aliphatic rings. The monoisotopic (exact) mass is 287 g/mol. The van der Waals surface area contributed by atoms with Gasteiger partial charge in [0.25, 0.3) is 0 Å². The lowest BCUT2D eigenvalue weighted by Gasteiger charge is -2.15. The number of aliphatic hydroxyl groups excluding tert-OH is 1. The summed E-state index contributed by atoms with van der Waals surface area (Å²) in [7, 11) is 1.71. The lowest BCUT2D eigenvalue weighted by atomic mass is 10.2. The molecule has 0 aromatic carbocycles. The number of nitrogens with zero attached hydrogens (tertiary/aromatic N) is 5. The Bertz CT molecular complexity index is 397. The second-order valence-electron chi connectivity index (χ2n) is 3.90. The third-order valence-electron chi connectivity index (χ3n) is 2.39. The fraction of sp³-hybridized carbons (Fsp3) is 0.800. The highest BCUT2D eigenvalue weighted by molar-refractivity contribution is 8.15. The van der Waals surface area contributed by atoms with Crippen molar-refractivity contribution in [2.75, 3.05) is 20.2 Å². The fourth-order valence-corrected chi connectivity index (χ4v) is 2.53. The summed E-state index contributed by atoms with van der Waals surface area (Å²) in [6, 6.07) is 0. The lowest BCUT2D eigenvalue weighted by Crippen LogP contribution is -2.30. The first kappa shape index (κ1) is 15.6. The van der Waals surface area contributed by atoms with E-state index in [0.717, 1.165) is 5.04 Å². The molecule has 1 N–H and O–H groups in total. The minimum atomic E-state index is -0.689. The van der Waals surface area contributed by atoms with Crippen LogP contribution in [0, 0.1) is 0 Å². The van der Waals surface area contributed by atoms with Crippen molar-refractivity contribution in [1.29, 1.82) is 0 Å². The smallest absolute Gasteiger partial charge is 0.341 e. The van der Waals surface area contributed by atoms with Gasteiger partial charge in [-0.3, -0.25) is 5.01 Å². The number of azide groups is 1. The molecule has 1 aliphatic heterocycles. The molecule has 0 bridgehead atoms. The molecule has 2 unspecified atom stereocenters. The van der Waals surface area contributed by atoms with Crippen LogP contribution in [0.15, 0.2) is 10.2 Å². The van der Waals surface area contributed by atoms with Crippen LogP contribution in [0.4, 0.5) is 0 Å². The standard InChI is InChI=1S/C10H17N5O3S/c1-3-18-10(17)9-15(2)13-8(19-9)5-4-7(16)6-12-14-11/h7,9,16H,3-6H2,1-2H3. The van der Waals surface area contributed by atoms with Crippen molar-refractivity contribution in [3.8, 4) is 0 Å². The number of hydrogen-bond donors (Lipinski definition) is 1. The van der Waals surface area contributed by atoms with E-state index in [1.54, 1.807) is 19.0 Å². The van der Waals surface area contributed by atoms with E-state index in [1.165, 1.54) is 11.8 Å². The summed E-state index contributed by atoms with van der Waals surface area (Å²) in [4.78, 5) is 14.2. The van der Waals surface area contributed by atoms with Crippen LogP contribution in [0.5, 0.6) is 0 Å². The van der Waals surface area contributed by atoms with Gasteiger partial charge in [0.15, 0.2) is 5.37 Å². The molecule has 0 saturated carbocycles. The molecule has 8 nitrogen and oxygen atoms in total. The van der Waals surface area contributed by atoms with Crippen molar-refractivity contribution < 1.29 is 14.6 Å². The van der Waals surface area contributed by atoms with Gasteiger partial charge in [-0.1, -0.05) is 16.9 Å². The van der Waals surface area contributed by atoms with E-state index in [2.05, 4.69) is 15.1 Å². The number of ether oxygens (including phenoxy) is 1. The summed E-state index contributed by atoms with van der Waals surface area (Å²) in [6.07, 6.45) is 0.285. The second kappa shape index (κ2) is 7.88. The van der Waals surface area contributed by atoms with E-state index in [4.69, 9.17) is 10.3 Å². The molecule has 0 radical (unpaired) electrons. The quantitative estimate of drug-likeness (QED) is 0.328. The molecule has 0 aromatic rings. The van der Waals surface area contributed by atoms with Crippen LogP contribution in [0.2, 0.25) is 0 Å². The molecular formula is C10H17N5O3S. The van der Waals surface area contributed by atoms with E-state index >= 15 is 0 Å². The molecule has 0 saturated heterocycles. The van der Waals surface area contributed by atoms with Gasteiger partial charge in [0.2, 0.25) is 0 Å². The van der Waals surface area contributed by atoms with Crippen molar-refractivity contribution in [2.24, 2.45) is 10.2 Å². The van der Waals surface area contributed by atoms with E-state index in [-0.39, 0.29) is 12.5 Å². The number of rotatable bonds is 7. The van der Waals surface area contributed by atoms with Gasteiger partial charge < -0.3 is 9.84 Å². The van der Waals surface area contributed by atoms with E-state index < -0.39 is 11.5 Å². The largest absolute Gasteiger partial charge is 0.464 e. The van der Waals surface area contributed by atoms with Gasteiger partial charge >= 0.3 is 5.97 Å². The molecule has 9 heteroatoms. The van der Waals surface area contributed by atoms with Crippen LogP contribution in [-0.2, 0) is 9.53 Å². The number of likely N-dealkylation sites (N-methyl/N-ethyl adjacent to an activating group) is 1. The number of carbonyl (C=O) groups excluding carboxylic acids is 1. The van der Waals surface area contributed by atoms with Crippen molar-refractivity contribution in [1.82, 2.24) is 5.01 Å². The third kappa shape index (κ3) is 4.98. The summed E-state index contributed by atoms with van der Waals surface area (Å²) in [6.45, 7) is 2.14. The Balaban J connectivity index is 2.39. The molecule has 19 heavy (non-hydrogen) atoms. The number of hydrazone groups is 1. The highest BCUT2D eigenvalue weighted by atomic mass is 32.2. The first-order valence-corrected chi connectivity index (χ1v) is 6.79. The highest BCUT2D eigenvalue weighted by Crippen LogP contribution is 2.28. The Kier molecular flexibility index (Phi) is 6.48. The lowest BCUT2D eigenvalue weighted by molar-refractivity contribution is -0.145. The average molecular weight is 287 g/mol. The number of esters is 1. The minimum absolute atomic E-state index is 0.0472. The first-order valence-electron chi connectivity index (χ1n) is 5.91. The SMILES string of the molecule is CCOC(=O)C1SC(CCC(O)CN=[N+]=[N-])=NN1C. The molecule has 0 aromatic heterocycles. The zero-order chi connectivity index (χ0) is 14.3. The predicted octanol–water partition coefficient (Wildman–Crippen LogP) is 1.32. The maximum Gasteiger partial charge on any atom is 0.341 e. The number of hydrogen-bond acceptors (Lipinski definition) is 7. The van der Waals surface area contributed by atoms with Crippen molar-refractivity contribution in [3.63, 3.8) is 0 Å². The third-order valence-corrected chi connectivity index (χ3v) is 3.67. The summed E-state index contributed by atoms with van der Waals surface area (Å²) < 4.78 is 4.94. The zero-order valence-electron chi connectivity index (χ0n) is 10.9. The Labute approximate surface area is 115 Å². The van der Waals surface area contributed by atoms with E-state index in [0.29, 0.717) is 19.4 Å². The van der Waals surface area contributed by atoms with Crippen LogP contribution in [0.25, 0.3) is 10.4 Å². The van der Waals surface area contributed by atoms with Gasteiger partial charge in [-0.2, -0.15) is 5.10 Å². The minimum Gasteiger partial charge on any atom is -0.464 e. The summed E-state index contributed by atoms with van der Waals surface area (Å²) in [5, 5.41) is 18.9. The average Bonchev–Trinajstić information content (AvgIpc) is 2.75. The van der Waals surface area contributed by atoms with E-state index in [1.807, 2.05) is 0 Å². The predicted molar refractivity (Wildman–Crippen MR) is 72.5 cm³/mol. The van der Waals surface area contributed by atoms with Crippen LogP contribution >= 0.6 is 11.8 Å². The Morgan fingerprint density at radius 3 is 3.16 bits per heavy atom. The Morgan fingerprint density at radius 1 is 1.79 bits per heavy atom. The second-order valence-corrected chi connectivity index (χ2v) is 5.05. The maximum absolute atomic E-state index is 11.6. The van der Waals surface area contributed by atoms with Gasteiger partial charge in [0, 0.05) is 18.4 Å². The number of thioether (sulfide) groups is 1. The van der Waals surface area contributed by atoms with Crippen molar-refractivity contribution in [3.05, 3.63) is 10.4 Å². The van der Waals surface area contributed by atoms with Gasteiger partial charge in [-0.15, -0.1) is 0 Å². The maximum atomic E-state index is 11.6. The highest BCUT2D eigenvalue weighted by Gasteiger charge is 2.32. The molecule has 1 heterocycles. The molecule has 106 valence electrons. The summed E-state index contributed by atoms with van der Waals surface area (Å²) in [5.74, 6) is -0.316. The van der Waals surface area contributed by atoms with Crippen molar-refractivity contribution in [2.45, 2.75) is 31.2 Å². The molecular weight excluding hydrogens is 270 g/mol. The molecule has 0 spiro atoms. The van der Waals surface area contributed by atoms with E-state index in [9.17, 15) is 9.90 Å². The Morgan fingerprint density at radius 2 is 2.53 bits per heavy atom. The number of aliphatic hydroxyl groups is 1. The van der Waals surface area contributed by atoms with Gasteiger partial charge in [0.05, 0.1) is 24.3 Å². The van der Waals surface area contributed by atoms with Gasteiger partial charge in [0.1, 0.15) is 0 Å². The molecule has 0 aliphatic carbocycles. The first-order chi connectivity index (χ1) is 9.08.